The van der Waals surface area contributed by atoms with Crippen molar-refractivity contribution in [3.8, 4) is 0 Å². The molecule has 18 heavy (non-hydrogen) atoms. The predicted molar refractivity (Wildman–Crippen MR) is 58.3 cm³/mol. The molecule has 0 aliphatic rings. The first-order valence-electron chi connectivity index (χ1n) is 4.64. The number of aromatic amines is 1. The van der Waals surface area contributed by atoms with Crippen LogP contribution in [0.15, 0.2) is 11.2 Å². The van der Waals surface area contributed by atoms with Crippen molar-refractivity contribution >= 4 is 22.0 Å². The predicted octanol–water partition coefficient (Wildman–Crippen LogP) is -1.95. The van der Waals surface area contributed by atoms with Crippen molar-refractivity contribution in [2.45, 2.75) is 5.03 Å². The molecule has 0 aromatic carbocycles. The summed E-state index contributed by atoms with van der Waals surface area (Å²) < 4.78 is 25.4. The van der Waals surface area contributed by atoms with E-state index in [1.807, 2.05) is 0 Å². The summed E-state index contributed by atoms with van der Waals surface area (Å²) in [7, 11) is -4.03. The molecule has 0 spiro atoms. The van der Waals surface area contributed by atoms with E-state index in [4.69, 9.17) is 10.8 Å². The van der Waals surface area contributed by atoms with Crippen LogP contribution >= 0.6 is 0 Å². The van der Waals surface area contributed by atoms with Crippen LogP contribution in [0.5, 0.6) is 0 Å². The highest BCUT2D eigenvalue weighted by atomic mass is 32.2. The monoisotopic (exact) mass is 277 g/mol. The van der Waals surface area contributed by atoms with Gasteiger partial charge in [-0.3, -0.25) is 5.10 Å². The van der Waals surface area contributed by atoms with E-state index in [1.54, 1.807) is 0 Å². The number of urea groups is 1. The smallest absolute Gasteiger partial charge is 0.340 e. The van der Waals surface area contributed by atoms with Gasteiger partial charge in [0.05, 0.1) is 6.20 Å². The molecule has 1 rings (SSSR count). The Kier molecular flexibility index (Phi) is 4.23. The summed E-state index contributed by atoms with van der Waals surface area (Å²) in [5, 5.41) is 15.8. The molecule has 1 aromatic heterocycles. The largest absolute Gasteiger partial charge is 0.478 e. The molecular weight excluding hydrogens is 266 g/mol. The van der Waals surface area contributed by atoms with Gasteiger partial charge in [-0.05, 0) is 0 Å². The normalized spacial score (nSPS) is 11.1. The molecule has 0 bridgehead atoms. The second-order valence-electron chi connectivity index (χ2n) is 3.11. The number of carboxylic acid groups (broad SMARTS) is 1. The van der Waals surface area contributed by atoms with Crippen molar-refractivity contribution in [3.63, 3.8) is 0 Å². The van der Waals surface area contributed by atoms with Gasteiger partial charge in [-0.15, -0.1) is 0 Å². The number of nitrogens with zero attached hydrogens (tertiary/aromatic N) is 1. The van der Waals surface area contributed by atoms with Crippen LogP contribution in [-0.4, -0.2) is 48.8 Å². The average Bonchev–Trinajstić information content (AvgIpc) is 2.73. The molecule has 0 unspecified atom stereocenters. The number of carboxylic acids is 1. The van der Waals surface area contributed by atoms with Crippen LogP contribution in [0.25, 0.3) is 0 Å². The first-order valence-corrected chi connectivity index (χ1v) is 6.12. The fourth-order valence-corrected chi connectivity index (χ4v) is 2.19. The van der Waals surface area contributed by atoms with Crippen molar-refractivity contribution < 1.29 is 23.1 Å². The molecule has 0 saturated heterocycles. The molecule has 10 nitrogen and oxygen atoms in total. The Morgan fingerprint density at radius 1 is 1.44 bits per heavy atom. The summed E-state index contributed by atoms with van der Waals surface area (Å²) in [5.74, 6) is -1.42. The van der Waals surface area contributed by atoms with Crippen LogP contribution < -0.4 is 15.8 Å². The number of hydrogen-bond donors (Lipinski definition) is 5. The Hall–Kier alpha value is -2.14. The van der Waals surface area contributed by atoms with E-state index in [2.05, 4.69) is 20.2 Å². The Labute approximate surface area is 102 Å². The number of aromatic nitrogens is 2. The zero-order valence-electron chi connectivity index (χ0n) is 9.00. The zero-order chi connectivity index (χ0) is 13.8. The number of carbonyl (C=O) groups excluding carboxylic acids is 1. The highest BCUT2D eigenvalue weighted by Crippen LogP contribution is 2.10. The number of hydrogen-bond acceptors (Lipinski definition) is 5. The van der Waals surface area contributed by atoms with Crippen LogP contribution in [0, 0.1) is 0 Å². The van der Waals surface area contributed by atoms with Crippen LogP contribution in [0.3, 0.4) is 0 Å². The highest BCUT2D eigenvalue weighted by Gasteiger charge is 2.24. The lowest BCUT2D eigenvalue weighted by molar-refractivity contribution is 0.0692. The number of carbonyl (C=O) groups is 2. The molecule has 0 saturated carbocycles. The van der Waals surface area contributed by atoms with Crippen LogP contribution in [0.1, 0.15) is 10.4 Å². The van der Waals surface area contributed by atoms with E-state index < -0.39 is 32.6 Å². The van der Waals surface area contributed by atoms with Crippen LogP contribution in [0.4, 0.5) is 4.79 Å². The van der Waals surface area contributed by atoms with Crippen molar-refractivity contribution in [2.24, 2.45) is 5.73 Å². The molecule has 11 heteroatoms. The number of H-pyrrole nitrogens is 1. The maximum atomic E-state index is 11.7. The standard InChI is InChI=1S/C7H11N5O5S/c8-7(15)9-1-2-11-18(16,17)5-4(6(13)14)3-10-12-5/h3,11H,1-2H2,(H,10,12)(H,13,14)(H3,8,9,15). The molecule has 1 aromatic rings. The lowest BCUT2D eigenvalue weighted by Gasteiger charge is -2.05. The lowest BCUT2D eigenvalue weighted by Crippen LogP contribution is -2.37. The first-order chi connectivity index (χ1) is 8.34. The van der Waals surface area contributed by atoms with Gasteiger partial charge in [0.2, 0.25) is 0 Å². The number of aromatic carboxylic acids is 1. The van der Waals surface area contributed by atoms with Gasteiger partial charge in [0.15, 0.2) is 5.03 Å². The average molecular weight is 277 g/mol. The van der Waals surface area contributed by atoms with Gasteiger partial charge in [-0.25, -0.2) is 22.7 Å². The van der Waals surface area contributed by atoms with Gasteiger partial charge in [-0.1, -0.05) is 0 Å². The number of amides is 2. The van der Waals surface area contributed by atoms with E-state index in [-0.39, 0.29) is 13.1 Å². The molecule has 0 aliphatic heterocycles. The summed E-state index contributed by atoms with van der Waals surface area (Å²) >= 11 is 0. The van der Waals surface area contributed by atoms with Gasteiger partial charge in [-0.2, -0.15) is 5.10 Å². The molecule has 0 atom stereocenters. The molecule has 1 heterocycles. The fourth-order valence-electron chi connectivity index (χ4n) is 1.07. The minimum absolute atomic E-state index is 0.0227. The number of nitrogens with one attached hydrogen (secondary N) is 3. The van der Waals surface area contributed by atoms with Gasteiger partial charge in [0.1, 0.15) is 5.56 Å². The van der Waals surface area contributed by atoms with Crippen molar-refractivity contribution in [2.75, 3.05) is 13.1 Å². The van der Waals surface area contributed by atoms with Gasteiger partial charge in [0, 0.05) is 13.1 Å². The van der Waals surface area contributed by atoms with E-state index in [1.165, 1.54) is 0 Å². The Balaban J connectivity index is 2.72. The highest BCUT2D eigenvalue weighted by molar-refractivity contribution is 7.89. The van der Waals surface area contributed by atoms with Crippen molar-refractivity contribution in [1.29, 1.82) is 0 Å². The molecule has 6 N–H and O–H groups in total. The topological polar surface area (TPSA) is 167 Å². The summed E-state index contributed by atoms with van der Waals surface area (Å²) in [6.45, 7) is -0.158. The van der Waals surface area contributed by atoms with Crippen molar-refractivity contribution in [1.82, 2.24) is 20.2 Å². The third-order valence-electron chi connectivity index (χ3n) is 1.82. The zero-order valence-corrected chi connectivity index (χ0v) is 9.82. The number of primary amides is 1. The minimum Gasteiger partial charge on any atom is -0.478 e. The van der Waals surface area contributed by atoms with Gasteiger partial charge in [0.25, 0.3) is 10.0 Å². The molecule has 0 fully saturated rings. The number of rotatable bonds is 6. The second kappa shape index (κ2) is 5.46. The number of sulfonamides is 1. The minimum atomic E-state index is -4.03. The summed E-state index contributed by atoms with van der Waals surface area (Å²) in [4.78, 5) is 21.1. The third kappa shape index (κ3) is 3.43. The Morgan fingerprint density at radius 3 is 2.67 bits per heavy atom. The Bertz CT molecular complexity index is 550. The second-order valence-corrected chi connectivity index (χ2v) is 4.81. The summed E-state index contributed by atoms with van der Waals surface area (Å²) in [5.41, 5.74) is 4.31. The first kappa shape index (κ1) is 13.9. The molecule has 100 valence electrons. The van der Waals surface area contributed by atoms with E-state index in [0.717, 1.165) is 6.20 Å². The third-order valence-corrected chi connectivity index (χ3v) is 3.25. The van der Waals surface area contributed by atoms with E-state index >= 15 is 0 Å². The van der Waals surface area contributed by atoms with Gasteiger partial charge < -0.3 is 16.2 Å². The lowest BCUT2D eigenvalue weighted by atomic mass is 10.4. The number of nitrogens with two attached hydrogens (primary N) is 1. The van der Waals surface area contributed by atoms with Gasteiger partial charge >= 0.3 is 12.0 Å². The van der Waals surface area contributed by atoms with E-state index in [0.29, 0.717) is 0 Å². The van der Waals surface area contributed by atoms with Crippen LogP contribution in [-0.2, 0) is 10.0 Å². The van der Waals surface area contributed by atoms with Crippen molar-refractivity contribution in [3.05, 3.63) is 11.8 Å². The quantitative estimate of drug-likeness (QED) is 0.379. The SMILES string of the molecule is NC(=O)NCCNS(=O)(=O)c1[nH]ncc1C(=O)O. The summed E-state index contributed by atoms with van der Waals surface area (Å²) in [6, 6.07) is -0.790. The Morgan fingerprint density at radius 2 is 2.11 bits per heavy atom. The van der Waals surface area contributed by atoms with E-state index in [9.17, 15) is 18.0 Å². The summed E-state index contributed by atoms with van der Waals surface area (Å²) in [6.07, 6.45) is 0.887. The maximum absolute atomic E-state index is 11.7. The maximum Gasteiger partial charge on any atom is 0.340 e. The molecular formula is C7H11N5O5S. The van der Waals surface area contributed by atoms with Crippen LogP contribution in [0.2, 0.25) is 0 Å². The molecule has 2 amide bonds. The molecule has 0 aliphatic carbocycles. The fraction of sp³-hybridized carbons (Fsp3) is 0.286. The molecule has 0 radical (unpaired) electrons.